The number of carbonyl (C=O) groups excluding carboxylic acids is 1. The van der Waals surface area contributed by atoms with Gasteiger partial charge in [-0.3, -0.25) is 0 Å². The Labute approximate surface area is 174 Å². The van der Waals surface area contributed by atoms with Crippen molar-refractivity contribution >= 4 is 58.1 Å². The van der Waals surface area contributed by atoms with Gasteiger partial charge in [0.1, 0.15) is 0 Å². The summed E-state index contributed by atoms with van der Waals surface area (Å²) < 4.78 is 1.82. The van der Waals surface area contributed by atoms with Crippen LogP contribution in [0.5, 0.6) is 0 Å². The van der Waals surface area contributed by atoms with E-state index in [1.54, 1.807) is 5.01 Å². The van der Waals surface area contributed by atoms with Gasteiger partial charge in [0.15, 0.2) is 0 Å². The molecule has 136 valence electrons. The van der Waals surface area contributed by atoms with Gasteiger partial charge in [-0.1, -0.05) is 0 Å². The van der Waals surface area contributed by atoms with E-state index in [0.29, 0.717) is 0 Å². The number of nitrogens with zero attached hydrogens (tertiary/aromatic N) is 2. The van der Waals surface area contributed by atoms with E-state index >= 15 is 0 Å². The molecule has 0 radical (unpaired) electrons. The van der Waals surface area contributed by atoms with Crippen LogP contribution in [0.25, 0.3) is 0 Å². The normalized spacial score (nSPS) is 10.1. The molecule has 0 saturated heterocycles. The van der Waals surface area contributed by atoms with Crippen molar-refractivity contribution in [2.75, 3.05) is 19.8 Å². The third kappa shape index (κ3) is 6.40. The summed E-state index contributed by atoms with van der Waals surface area (Å²) in [4.78, 5) is 15.3. The van der Waals surface area contributed by atoms with Crippen molar-refractivity contribution in [2.24, 2.45) is 0 Å². The molecule has 0 heterocycles. The van der Waals surface area contributed by atoms with Crippen LogP contribution in [0, 0.1) is 0 Å². The summed E-state index contributed by atoms with van der Waals surface area (Å²) in [6, 6.07) is 19.8. The van der Waals surface area contributed by atoms with Crippen LogP contribution in [0.15, 0.2) is 60.7 Å². The molecule has 0 unspecified atom stereocenters. The quantitative estimate of drug-likeness (QED) is 0.304. The van der Waals surface area contributed by atoms with Gasteiger partial charge in [0.25, 0.3) is 0 Å². The van der Waals surface area contributed by atoms with Gasteiger partial charge < -0.3 is 0 Å². The average Bonchev–Trinajstić information content (AvgIpc) is 2.68. The Morgan fingerprint density at radius 1 is 0.885 bits per heavy atom. The van der Waals surface area contributed by atoms with Gasteiger partial charge in [0.05, 0.1) is 0 Å². The molecule has 5 nitrogen and oxygen atoms in total. The number of carbonyl (C=O) groups is 1. The molecule has 0 aliphatic rings. The minimum atomic E-state index is -0.0941. The second-order valence-electron chi connectivity index (χ2n) is 5.38. The van der Waals surface area contributed by atoms with Crippen molar-refractivity contribution in [3.05, 3.63) is 71.8 Å². The minimum absolute atomic E-state index is 0.0941. The van der Waals surface area contributed by atoms with Crippen LogP contribution in [0.3, 0.4) is 0 Å². The summed E-state index contributed by atoms with van der Waals surface area (Å²) in [7, 11) is 3.71. The fourth-order valence-corrected chi connectivity index (χ4v) is 3.49. The first-order valence-corrected chi connectivity index (χ1v) is 10.5. The molecule has 2 aromatic carbocycles. The number of hydrogen-bond acceptors (Lipinski definition) is 5. The number of amides is 1. The van der Waals surface area contributed by atoms with Crippen LogP contribution >= 0.6 is 11.9 Å². The standard InChI is InChI=1S/C18H20N4OSSe2/c1-21(17(25)14-9-5-3-6-10-14)19-16(23)13-24-20-22(2)18(26)15-11-7-4-8-12-15/h3-12,20H,13H2,1-2H3,(H,19,23). The predicted molar refractivity (Wildman–Crippen MR) is 112 cm³/mol. The first-order valence-electron chi connectivity index (χ1n) is 7.82. The zero-order valence-electron chi connectivity index (χ0n) is 14.5. The third-order valence-electron chi connectivity index (χ3n) is 3.35. The molecular formula is C18H20N4OSSe2. The Kier molecular flexibility index (Phi) is 8.58. The average molecular weight is 498 g/mol. The van der Waals surface area contributed by atoms with E-state index in [-0.39, 0.29) is 11.7 Å². The fraction of sp³-hybridized carbons (Fsp3) is 0.167. The van der Waals surface area contributed by atoms with E-state index in [2.05, 4.69) is 41.4 Å². The molecule has 2 aromatic rings. The Balaban J connectivity index is 1.75. The Morgan fingerprint density at radius 2 is 1.35 bits per heavy atom. The summed E-state index contributed by atoms with van der Waals surface area (Å²) in [5.41, 5.74) is 4.94. The number of hydrogen-bond donors (Lipinski definition) is 2. The van der Waals surface area contributed by atoms with Gasteiger partial charge >= 0.3 is 175 Å². The van der Waals surface area contributed by atoms with Crippen molar-refractivity contribution in [3.63, 3.8) is 0 Å². The van der Waals surface area contributed by atoms with E-state index in [0.717, 1.165) is 20.2 Å². The van der Waals surface area contributed by atoms with Crippen LogP contribution in [-0.4, -0.2) is 76.0 Å². The van der Waals surface area contributed by atoms with E-state index in [1.807, 2.05) is 79.8 Å². The Bertz CT molecular complexity index is 758. The first-order chi connectivity index (χ1) is 12.5. The molecule has 1 amide bonds. The zero-order valence-corrected chi connectivity index (χ0v) is 18.8. The molecule has 0 aromatic heterocycles. The van der Waals surface area contributed by atoms with Crippen LogP contribution < -0.4 is 10.3 Å². The summed E-state index contributed by atoms with van der Waals surface area (Å²) in [5.74, 6) is 0.183. The monoisotopic (exact) mass is 500 g/mol. The van der Waals surface area contributed by atoms with Crippen LogP contribution in [0.1, 0.15) is 11.1 Å². The van der Waals surface area contributed by atoms with Crippen LogP contribution in [-0.2, 0) is 4.79 Å². The van der Waals surface area contributed by atoms with Gasteiger partial charge in [-0.2, -0.15) is 0 Å². The SMILES string of the molecule is CN(NSCC(=O)NN(C)C(=[Se])c1ccccc1)C(=[Se])c1ccccc1. The maximum absolute atomic E-state index is 12.1. The molecule has 26 heavy (non-hydrogen) atoms. The van der Waals surface area contributed by atoms with E-state index < -0.39 is 0 Å². The third-order valence-corrected chi connectivity index (χ3v) is 6.30. The second-order valence-corrected chi connectivity index (χ2v) is 7.76. The first kappa shape index (κ1) is 20.9. The van der Waals surface area contributed by atoms with Crippen molar-refractivity contribution in [2.45, 2.75) is 0 Å². The number of hydrazine groups is 2. The number of nitrogens with one attached hydrogen (secondary N) is 2. The predicted octanol–water partition coefficient (Wildman–Crippen LogP) is 0.727. The van der Waals surface area contributed by atoms with Crippen molar-refractivity contribution < 1.29 is 4.79 Å². The second kappa shape index (κ2) is 10.7. The van der Waals surface area contributed by atoms with Crippen molar-refractivity contribution in [3.8, 4) is 0 Å². The molecule has 0 saturated carbocycles. The topological polar surface area (TPSA) is 47.6 Å². The number of rotatable bonds is 9. The molecule has 0 spiro atoms. The van der Waals surface area contributed by atoms with E-state index in [4.69, 9.17) is 0 Å². The van der Waals surface area contributed by atoms with E-state index in [9.17, 15) is 4.79 Å². The summed E-state index contributed by atoms with van der Waals surface area (Å²) in [6.07, 6.45) is 0. The molecule has 0 aliphatic carbocycles. The van der Waals surface area contributed by atoms with Gasteiger partial charge in [0.2, 0.25) is 0 Å². The van der Waals surface area contributed by atoms with Crippen molar-refractivity contribution in [1.29, 1.82) is 0 Å². The van der Waals surface area contributed by atoms with Crippen molar-refractivity contribution in [1.82, 2.24) is 20.3 Å². The zero-order chi connectivity index (χ0) is 18.9. The Morgan fingerprint density at radius 3 is 1.85 bits per heavy atom. The maximum atomic E-state index is 12.1. The summed E-state index contributed by atoms with van der Waals surface area (Å²) in [5, 5.41) is 3.54. The number of benzene rings is 2. The summed E-state index contributed by atoms with van der Waals surface area (Å²) >= 11 is 7.36. The van der Waals surface area contributed by atoms with Gasteiger partial charge in [-0.15, -0.1) is 0 Å². The summed E-state index contributed by atoms with van der Waals surface area (Å²) in [6.45, 7) is 0. The van der Waals surface area contributed by atoms with Crippen LogP contribution in [0.4, 0.5) is 0 Å². The molecule has 0 atom stereocenters. The molecule has 2 N–H and O–H groups in total. The molecule has 0 bridgehead atoms. The molecule has 0 aliphatic heterocycles. The van der Waals surface area contributed by atoms with E-state index in [1.165, 1.54) is 11.9 Å². The fourth-order valence-electron chi connectivity index (χ4n) is 2.05. The van der Waals surface area contributed by atoms with Gasteiger partial charge in [0, 0.05) is 0 Å². The van der Waals surface area contributed by atoms with Gasteiger partial charge in [-0.05, 0) is 0 Å². The molecule has 2 rings (SSSR count). The van der Waals surface area contributed by atoms with Gasteiger partial charge in [-0.25, -0.2) is 0 Å². The Hall–Kier alpha value is -1.40. The molecule has 0 fully saturated rings. The molecular weight excluding hydrogens is 478 g/mol. The van der Waals surface area contributed by atoms with Crippen LogP contribution in [0.2, 0.25) is 0 Å². The molecule has 8 heteroatoms.